The van der Waals surface area contributed by atoms with Gasteiger partial charge in [0.05, 0.1) is 23.9 Å². The standard InChI is InChI=1S/C33H52N4O7S2/c1-32(2,3)35-30(40)26-16-22-12-10-11-13-23(22)17-36(26)18-28(38)25(19-45-24-14-8-7-9-15-24)34-29(39)27-20-46(42,43)21-37(27)31(41)44-33(4,5)6/h7-9,14-15,22-23,25-28,38H,10-13,16-21H2,1-6H3,(H,34,39)(H,35,40)/t22-,23+,25-,26-,27-,28+/m0/s1. The molecule has 1 saturated carbocycles. The highest BCUT2D eigenvalue weighted by molar-refractivity contribution is 7.99. The molecule has 13 heteroatoms. The van der Waals surface area contributed by atoms with E-state index in [0.29, 0.717) is 24.1 Å². The Labute approximate surface area is 278 Å². The minimum Gasteiger partial charge on any atom is -0.444 e. The molecule has 0 bridgehead atoms. The Morgan fingerprint density at radius 3 is 2.28 bits per heavy atom. The van der Waals surface area contributed by atoms with Gasteiger partial charge in [-0.15, -0.1) is 11.8 Å². The number of hydrogen-bond donors (Lipinski definition) is 3. The number of nitrogens with zero attached hydrogens (tertiary/aromatic N) is 2. The van der Waals surface area contributed by atoms with Crippen LogP contribution in [0.4, 0.5) is 4.79 Å². The van der Waals surface area contributed by atoms with Crippen LogP contribution >= 0.6 is 11.8 Å². The monoisotopic (exact) mass is 680 g/mol. The highest BCUT2D eigenvalue weighted by atomic mass is 32.2. The van der Waals surface area contributed by atoms with E-state index in [1.807, 2.05) is 51.1 Å². The molecular weight excluding hydrogens is 629 g/mol. The third-order valence-corrected chi connectivity index (χ3v) is 11.4. The number of thioether (sulfide) groups is 1. The van der Waals surface area contributed by atoms with Crippen molar-refractivity contribution in [1.29, 1.82) is 0 Å². The molecule has 46 heavy (non-hydrogen) atoms. The average Bonchev–Trinajstić information content (AvgIpc) is 3.29. The summed E-state index contributed by atoms with van der Waals surface area (Å²) in [5, 5.41) is 17.8. The molecule has 0 unspecified atom stereocenters. The van der Waals surface area contributed by atoms with Gasteiger partial charge in [0.25, 0.3) is 0 Å². The van der Waals surface area contributed by atoms with E-state index in [1.54, 1.807) is 20.8 Å². The Morgan fingerprint density at radius 2 is 1.65 bits per heavy atom. The van der Waals surface area contributed by atoms with Crippen molar-refractivity contribution in [2.24, 2.45) is 11.8 Å². The van der Waals surface area contributed by atoms with Gasteiger partial charge >= 0.3 is 6.09 Å². The molecule has 0 radical (unpaired) electrons. The summed E-state index contributed by atoms with van der Waals surface area (Å²) >= 11 is 1.46. The zero-order valence-electron chi connectivity index (χ0n) is 28.0. The molecule has 3 aliphatic rings. The number of piperidine rings is 1. The Bertz CT molecular complexity index is 1330. The Hall–Kier alpha value is -2.35. The van der Waals surface area contributed by atoms with Gasteiger partial charge in [-0.1, -0.05) is 37.5 Å². The van der Waals surface area contributed by atoms with Crippen LogP contribution in [0.5, 0.6) is 0 Å². The summed E-state index contributed by atoms with van der Waals surface area (Å²) in [5.41, 5.74) is -1.29. The summed E-state index contributed by atoms with van der Waals surface area (Å²) in [6.45, 7) is 11.7. The lowest BCUT2D eigenvalue weighted by atomic mass is 9.72. The summed E-state index contributed by atoms with van der Waals surface area (Å²) in [6, 6.07) is 7.09. The summed E-state index contributed by atoms with van der Waals surface area (Å²) in [7, 11) is -3.72. The molecule has 0 spiro atoms. The molecule has 2 saturated heterocycles. The number of carbonyl (C=O) groups is 3. The van der Waals surface area contributed by atoms with Gasteiger partial charge in [-0.05, 0) is 78.4 Å². The quantitative estimate of drug-likeness (QED) is 0.334. The maximum atomic E-state index is 13.7. The fourth-order valence-corrected chi connectivity index (χ4v) is 9.28. The lowest BCUT2D eigenvalue weighted by Crippen LogP contribution is -2.61. The molecule has 1 aromatic rings. The summed E-state index contributed by atoms with van der Waals surface area (Å²) < 4.78 is 30.6. The number of hydrogen-bond acceptors (Lipinski definition) is 9. The first-order chi connectivity index (χ1) is 21.4. The first-order valence-electron chi connectivity index (χ1n) is 16.3. The number of sulfone groups is 1. The van der Waals surface area contributed by atoms with Gasteiger partial charge < -0.3 is 20.5 Å². The molecule has 1 aromatic carbocycles. The van der Waals surface area contributed by atoms with E-state index >= 15 is 0 Å². The van der Waals surface area contributed by atoms with Crippen LogP contribution in [-0.4, -0.2) is 107 Å². The highest BCUT2D eigenvalue weighted by Crippen LogP contribution is 2.39. The molecule has 3 amide bonds. The van der Waals surface area contributed by atoms with Crippen LogP contribution < -0.4 is 10.6 Å². The van der Waals surface area contributed by atoms with Gasteiger partial charge in [0.1, 0.15) is 17.5 Å². The largest absolute Gasteiger partial charge is 0.444 e. The fourth-order valence-electron chi connectivity index (χ4n) is 6.63. The smallest absolute Gasteiger partial charge is 0.411 e. The molecule has 258 valence electrons. The minimum atomic E-state index is -3.72. The van der Waals surface area contributed by atoms with Crippen molar-refractivity contribution < 1.29 is 32.6 Å². The second kappa shape index (κ2) is 14.8. The molecule has 2 heterocycles. The van der Waals surface area contributed by atoms with Crippen LogP contribution in [0.25, 0.3) is 0 Å². The zero-order chi connectivity index (χ0) is 33.9. The van der Waals surface area contributed by atoms with Crippen LogP contribution in [-0.2, 0) is 24.2 Å². The van der Waals surface area contributed by atoms with Crippen molar-refractivity contribution >= 4 is 39.5 Å². The van der Waals surface area contributed by atoms with E-state index in [-0.39, 0.29) is 12.5 Å². The lowest BCUT2D eigenvalue weighted by Gasteiger charge is -2.47. The number of nitrogens with one attached hydrogen (secondary N) is 2. The maximum Gasteiger partial charge on any atom is 0.411 e. The van der Waals surface area contributed by atoms with E-state index in [2.05, 4.69) is 15.5 Å². The van der Waals surface area contributed by atoms with Gasteiger partial charge in [0.15, 0.2) is 9.84 Å². The molecule has 3 N–H and O–H groups in total. The summed E-state index contributed by atoms with van der Waals surface area (Å²) in [5.74, 6) is -0.682. The van der Waals surface area contributed by atoms with Gasteiger partial charge in [-0.3, -0.25) is 19.4 Å². The zero-order valence-corrected chi connectivity index (χ0v) is 29.7. The fraction of sp³-hybridized carbons (Fsp3) is 0.727. The van der Waals surface area contributed by atoms with Crippen molar-refractivity contribution in [1.82, 2.24) is 20.4 Å². The van der Waals surface area contributed by atoms with Crippen LogP contribution in [0.1, 0.15) is 73.6 Å². The Morgan fingerprint density at radius 1 is 1.00 bits per heavy atom. The molecular formula is C33H52N4O7S2. The molecule has 4 rings (SSSR count). The molecule has 0 aromatic heterocycles. The normalized spacial score (nSPS) is 26.5. The number of likely N-dealkylation sites (tertiary alicyclic amines) is 1. The van der Waals surface area contributed by atoms with E-state index < -0.39 is 68.8 Å². The highest BCUT2D eigenvalue weighted by Gasteiger charge is 2.46. The number of carbonyl (C=O) groups excluding carboxylic acids is 3. The predicted octanol–water partition coefficient (Wildman–Crippen LogP) is 3.41. The first kappa shape index (κ1) is 36.5. The molecule has 6 atom stereocenters. The number of aliphatic hydroxyl groups is 1. The number of benzene rings is 1. The predicted molar refractivity (Wildman–Crippen MR) is 179 cm³/mol. The third-order valence-electron chi connectivity index (χ3n) is 8.74. The van der Waals surface area contributed by atoms with Crippen LogP contribution in [0.15, 0.2) is 35.2 Å². The number of fused-ring (bicyclic) bond motifs is 1. The summed E-state index contributed by atoms with van der Waals surface area (Å²) in [6.07, 6.45) is 3.28. The van der Waals surface area contributed by atoms with Crippen LogP contribution in [0.2, 0.25) is 0 Å². The number of β-amino-alcohol motifs (C(OH)–C–C–N with tert-alkyl or cyclic N) is 1. The van der Waals surface area contributed by atoms with Crippen LogP contribution in [0.3, 0.4) is 0 Å². The lowest BCUT2D eigenvalue weighted by molar-refractivity contribution is -0.133. The Kier molecular flexibility index (Phi) is 11.8. The van der Waals surface area contributed by atoms with Gasteiger partial charge in [-0.25, -0.2) is 13.2 Å². The van der Waals surface area contributed by atoms with Crippen LogP contribution in [0, 0.1) is 11.8 Å². The van der Waals surface area contributed by atoms with Crippen molar-refractivity contribution in [3.63, 3.8) is 0 Å². The second-order valence-electron chi connectivity index (χ2n) is 15.1. The Balaban J connectivity index is 1.55. The number of ether oxygens (including phenoxy) is 1. The number of aliphatic hydroxyl groups excluding tert-OH is 1. The molecule has 11 nitrogen and oxygen atoms in total. The van der Waals surface area contributed by atoms with E-state index in [4.69, 9.17) is 4.74 Å². The van der Waals surface area contributed by atoms with Crippen molar-refractivity contribution in [2.45, 2.75) is 114 Å². The van der Waals surface area contributed by atoms with E-state index in [9.17, 15) is 27.9 Å². The van der Waals surface area contributed by atoms with Crippen molar-refractivity contribution in [3.05, 3.63) is 30.3 Å². The summed E-state index contributed by atoms with van der Waals surface area (Å²) in [4.78, 5) is 44.2. The maximum absolute atomic E-state index is 13.7. The molecule has 3 fully saturated rings. The third kappa shape index (κ3) is 10.3. The SMILES string of the molecule is CC(C)(C)NC(=O)[C@@H]1C[C@@H]2CCCC[C@@H]2CN1C[C@@H](O)[C@H](CSc1ccccc1)NC(=O)[C@@H]1CS(=O)(=O)CN1C(=O)OC(C)(C)C. The van der Waals surface area contributed by atoms with Gasteiger partial charge in [0.2, 0.25) is 11.8 Å². The van der Waals surface area contributed by atoms with Crippen molar-refractivity contribution in [2.75, 3.05) is 30.5 Å². The topological polar surface area (TPSA) is 145 Å². The molecule has 2 aliphatic heterocycles. The van der Waals surface area contributed by atoms with Gasteiger partial charge in [0, 0.05) is 29.3 Å². The second-order valence-corrected chi connectivity index (χ2v) is 18.2. The van der Waals surface area contributed by atoms with E-state index in [1.165, 1.54) is 18.2 Å². The van der Waals surface area contributed by atoms with E-state index in [0.717, 1.165) is 35.5 Å². The average molecular weight is 681 g/mol. The molecule has 1 aliphatic carbocycles. The number of amides is 3. The minimum absolute atomic E-state index is 0.0628. The number of rotatable bonds is 9. The van der Waals surface area contributed by atoms with Crippen molar-refractivity contribution in [3.8, 4) is 0 Å². The van der Waals surface area contributed by atoms with Gasteiger partial charge in [-0.2, -0.15) is 0 Å². The first-order valence-corrected chi connectivity index (χ1v) is 19.1.